The van der Waals surface area contributed by atoms with Crippen molar-refractivity contribution in [3.05, 3.63) is 17.7 Å². The van der Waals surface area contributed by atoms with E-state index in [1.54, 1.807) is 0 Å². The third kappa shape index (κ3) is 2.31. The molecule has 2 fully saturated rings. The first-order valence-corrected chi connectivity index (χ1v) is 8.37. The van der Waals surface area contributed by atoms with Gasteiger partial charge in [0.2, 0.25) is 16.9 Å². The molecule has 0 spiro atoms. The standard InChI is InChI=1S/C14H15N5O3S/c20-11-9-7-1-2-8(4-3-7)10(9)12(21)19(11)5-15-13(22)17-14-18-16-6-23-14/h1-2,6-10H,3-5H2,(H2,15,17,18,22)/t7-,8-,9+,10+/m0/s1. The highest BCUT2D eigenvalue weighted by Gasteiger charge is 2.56. The van der Waals surface area contributed by atoms with Crippen molar-refractivity contribution in [2.45, 2.75) is 12.8 Å². The molecule has 1 saturated heterocycles. The molecule has 2 N–H and O–H groups in total. The number of amides is 4. The summed E-state index contributed by atoms with van der Waals surface area (Å²) in [6, 6.07) is -0.515. The van der Waals surface area contributed by atoms with E-state index in [0.717, 1.165) is 12.8 Å². The van der Waals surface area contributed by atoms with Crippen molar-refractivity contribution < 1.29 is 14.4 Å². The first-order chi connectivity index (χ1) is 11.1. The molecule has 0 unspecified atom stereocenters. The van der Waals surface area contributed by atoms with Crippen LogP contribution in [0.4, 0.5) is 9.93 Å². The fraction of sp³-hybridized carbons (Fsp3) is 0.500. The number of nitrogens with one attached hydrogen (secondary N) is 2. The molecule has 2 heterocycles. The third-order valence-corrected chi connectivity index (χ3v) is 5.44. The minimum atomic E-state index is -0.515. The number of carbonyl (C=O) groups is 3. The van der Waals surface area contributed by atoms with Crippen LogP contribution in [0.25, 0.3) is 0 Å². The molecule has 1 aromatic heterocycles. The number of fused-ring (bicyclic) bond motifs is 1. The van der Waals surface area contributed by atoms with Crippen LogP contribution in [0.2, 0.25) is 0 Å². The molecule has 3 aliphatic carbocycles. The topological polar surface area (TPSA) is 104 Å². The summed E-state index contributed by atoms with van der Waals surface area (Å²) in [5, 5.41) is 12.7. The zero-order valence-electron chi connectivity index (χ0n) is 12.1. The number of aromatic nitrogens is 2. The van der Waals surface area contributed by atoms with Gasteiger partial charge in [-0.1, -0.05) is 23.5 Å². The van der Waals surface area contributed by atoms with Crippen LogP contribution in [0.15, 0.2) is 17.7 Å². The van der Waals surface area contributed by atoms with E-state index in [1.165, 1.54) is 21.7 Å². The molecule has 2 bridgehead atoms. The van der Waals surface area contributed by atoms with Gasteiger partial charge in [0.15, 0.2) is 0 Å². The van der Waals surface area contributed by atoms with Crippen LogP contribution in [0.1, 0.15) is 12.8 Å². The monoisotopic (exact) mass is 333 g/mol. The van der Waals surface area contributed by atoms with Crippen molar-refractivity contribution in [3.63, 3.8) is 0 Å². The second-order valence-corrected chi connectivity index (χ2v) is 6.81. The zero-order valence-corrected chi connectivity index (χ0v) is 13.0. The van der Waals surface area contributed by atoms with Crippen LogP contribution in [0.3, 0.4) is 0 Å². The summed E-state index contributed by atoms with van der Waals surface area (Å²) in [7, 11) is 0. The maximum absolute atomic E-state index is 12.5. The Balaban J connectivity index is 1.41. The smallest absolute Gasteiger partial charge is 0.320 e. The van der Waals surface area contributed by atoms with Gasteiger partial charge in [-0.25, -0.2) is 4.79 Å². The third-order valence-electron chi connectivity index (χ3n) is 4.83. The van der Waals surface area contributed by atoms with Crippen LogP contribution in [0.5, 0.6) is 0 Å². The van der Waals surface area contributed by atoms with Gasteiger partial charge in [-0.05, 0) is 24.7 Å². The Bertz CT molecular complexity index is 657. The van der Waals surface area contributed by atoms with Gasteiger partial charge in [0.25, 0.3) is 0 Å². The summed E-state index contributed by atoms with van der Waals surface area (Å²) in [5.41, 5.74) is 1.50. The van der Waals surface area contributed by atoms with Crippen LogP contribution in [-0.4, -0.2) is 39.6 Å². The second-order valence-electron chi connectivity index (χ2n) is 5.98. The first kappa shape index (κ1) is 14.3. The number of urea groups is 1. The van der Waals surface area contributed by atoms with E-state index in [1.807, 2.05) is 0 Å². The van der Waals surface area contributed by atoms with Gasteiger partial charge < -0.3 is 5.32 Å². The van der Waals surface area contributed by atoms with Gasteiger partial charge in [-0.2, -0.15) is 0 Å². The largest absolute Gasteiger partial charge is 0.322 e. The number of likely N-dealkylation sites (tertiary alicyclic amines) is 1. The fourth-order valence-electron chi connectivity index (χ4n) is 3.81. The van der Waals surface area contributed by atoms with Crippen molar-refractivity contribution in [1.29, 1.82) is 0 Å². The molecule has 4 aliphatic rings. The highest BCUT2D eigenvalue weighted by atomic mass is 32.1. The Kier molecular flexibility index (Phi) is 3.37. The molecule has 5 rings (SSSR count). The van der Waals surface area contributed by atoms with Gasteiger partial charge in [-0.3, -0.25) is 19.8 Å². The number of hydrogen-bond donors (Lipinski definition) is 2. The molecule has 120 valence electrons. The van der Waals surface area contributed by atoms with Crippen molar-refractivity contribution in [2.75, 3.05) is 12.0 Å². The number of rotatable bonds is 3. The Morgan fingerprint density at radius 3 is 2.39 bits per heavy atom. The molecule has 0 aromatic carbocycles. The number of imide groups is 1. The fourth-order valence-corrected chi connectivity index (χ4v) is 4.25. The molecule has 9 heteroatoms. The van der Waals surface area contributed by atoms with Gasteiger partial charge in [0.1, 0.15) is 12.2 Å². The van der Waals surface area contributed by atoms with E-state index >= 15 is 0 Å². The first-order valence-electron chi connectivity index (χ1n) is 7.49. The summed E-state index contributed by atoms with van der Waals surface area (Å²) >= 11 is 1.19. The van der Waals surface area contributed by atoms with Crippen LogP contribution < -0.4 is 10.6 Å². The Morgan fingerprint density at radius 2 is 1.87 bits per heavy atom. The molecule has 1 aliphatic heterocycles. The normalized spacial score (nSPS) is 31.4. The molecule has 0 radical (unpaired) electrons. The Hall–Kier alpha value is -2.29. The van der Waals surface area contributed by atoms with Gasteiger partial charge in [0, 0.05) is 0 Å². The minimum absolute atomic E-state index is 0.116. The molecule has 4 atom stereocenters. The summed E-state index contributed by atoms with van der Waals surface area (Å²) in [5.74, 6) is -0.535. The molecule has 8 nitrogen and oxygen atoms in total. The number of hydrogen-bond acceptors (Lipinski definition) is 6. The van der Waals surface area contributed by atoms with Crippen molar-refractivity contribution >= 4 is 34.3 Å². The quantitative estimate of drug-likeness (QED) is 0.629. The molecule has 23 heavy (non-hydrogen) atoms. The van der Waals surface area contributed by atoms with Crippen LogP contribution in [-0.2, 0) is 9.59 Å². The molecular weight excluding hydrogens is 318 g/mol. The van der Waals surface area contributed by atoms with E-state index in [9.17, 15) is 14.4 Å². The number of anilines is 1. The Labute approximate surface area is 135 Å². The van der Waals surface area contributed by atoms with Crippen molar-refractivity contribution in [3.8, 4) is 0 Å². The van der Waals surface area contributed by atoms with Gasteiger partial charge in [0.05, 0.1) is 11.8 Å². The predicted molar refractivity (Wildman–Crippen MR) is 81.1 cm³/mol. The van der Waals surface area contributed by atoms with Gasteiger partial charge >= 0.3 is 6.03 Å². The highest BCUT2D eigenvalue weighted by molar-refractivity contribution is 7.13. The predicted octanol–water partition coefficient (Wildman–Crippen LogP) is 0.814. The average molecular weight is 333 g/mol. The maximum Gasteiger partial charge on any atom is 0.322 e. The van der Waals surface area contributed by atoms with Crippen LogP contribution >= 0.6 is 11.3 Å². The number of nitrogens with zero attached hydrogens (tertiary/aromatic N) is 3. The minimum Gasteiger partial charge on any atom is -0.320 e. The van der Waals surface area contributed by atoms with Gasteiger partial charge in [-0.15, -0.1) is 10.2 Å². The molecule has 1 aromatic rings. The van der Waals surface area contributed by atoms with Crippen molar-refractivity contribution in [1.82, 2.24) is 20.4 Å². The van der Waals surface area contributed by atoms with E-state index < -0.39 is 6.03 Å². The number of carbonyl (C=O) groups excluding carboxylic acids is 3. The number of allylic oxidation sites excluding steroid dienone is 2. The summed E-state index contributed by atoms with van der Waals surface area (Å²) in [6.45, 7) is -0.116. The highest BCUT2D eigenvalue weighted by Crippen LogP contribution is 2.49. The van der Waals surface area contributed by atoms with E-state index in [2.05, 4.69) is 33.0 Å². The van der Waals surface area contributed by atoms with E-state index in [0.29, 0.717) is 5.13 Å². The second kappa shape index (κ2) is 5.41. The lowest BCUT2D eigenvalue weighted by atomic mass is 9.63. The lowest BCUT2D eigenvalue weighted by molar-refractivity contribution is -0.140. The van der Waals surface area contributed by atoms with Crippen molar-refractivity contribution in [2.24, 2.45) is 23.7 Å². The maximum atomic E-state index is 12.5. The summed E-state index contributed by atoms with van der Waals surface area (Å²) in [6.07, 6.45) is 6.06. The Morgan fingerprint density at radius 1 is 1.22 bits per heavy atom. The summed E-state index contributed by atoms with van der Waals surface area (Å²) < 4.78 is 0. The summed E-state index contributed by atoms with van der Waals surface area (Å²) in [4.78, 5) is 38.1. The lowest BCUT2D eigenvalue weighted by Gasteiger charge is -2.38. The van der Waals surface area contributed by atoms with E-state index in [-0.39, 0.29) is 42.2 Å². The molecular formula is C14H15N5O3S. The lowest BCUT2D eigenvalue weighted by Crippen LogP contribution is -2.43. The van der Waals surface area contributed by atoms with E-state index in [4.69, 9.17) is 0 Å². The van der Waals surface area contributed by atoms with Crippen LogP contribution in [0, 0.1) is 23.7 Å². The molecule has 4 amide bonds. The zero-order chi connectivity index (χ0) is 16.0. The molecule has 1 saturated carbocycles. The SMILES string of the molecule is O=C(NCN1C(=O)[C@H]2[C@H](C1=O)[C@H]1C=C[C@H]2CC1)Nc1nncs1. The average Bonchev–Trinajstić information content (AvgIpc) is 3.16.